The molecule has 1 fully saturated rings. The second kappa shape index (κ2) is 5.00. The summed E-state index contributed by atoms with van der Waals surface area (Å²) < 4.78 is 1.97. The van der Waals surface area contributed by atoms with Crippen LogP contribution in [-0.4, -0.2) is 38.7 Å². The number of likely N-dealkylation sites (tertiary alicyclic amines) is 1. The molecule has 2 aromatic heterocycles. The quantitative estimate of drug-likeness (QED) is 0.900. The average molecular weight is 277 g/mol. The van der Waals surface area contributed by atoms with E-state index in [4.69, 9.17) is 5.73 Å². The third-order valence-corrected chi connectivity index (χ3v) is 4.07. The van der Waals surface area contributed by atoms with Gasteiger partial charge in [0.25, 0.3) is 5.91 Å². The van der Waals surface area contributed by atoms with Crippen molar-refractivity contribution in [3.63, 3.8) is 0 Å². The topological polar surface area (TPSA) is 77.0 Å². The number of aromatic nitrogens is 3. The van der Waals surface area contributed by atoms with Crippen molar-refractivity contribution in [1.29, 1.82) is 0 Å². The average Bonchev–Trinajstić information content (AvgIpc) is 3.09. The molecule has 2 aromatic rings. The molecule has 3 heterocycles. The van der Waals surface area contributed by atoms with Crippen LogP contribution < -0.4 is 5.73 Å². The first-order valence-corrected chi connectivity index (χ1v) is 7.11. The lowest BCUT2D eigenvalue weighted by Gasteiger charge is -2.31. The number of thiazole rings is 1. The molecule has 1 aliphatic heterocycles. The molecule has 0 bridgehead atoms. The minimum Gasteiger partial charge on any atom is -0.375 e. The number of carbonyl (C=O) groups is 1. The number of rotatable bonds is 2. The number of nitrogen functional groups attached to an aromatic ring is 1. The number of anilines is 1. The molecular weight excluding hydrogens is 262 g/mol. The van der Waals surface area contributed by atoms with E-state index in [0.717, 1.165) is 25.9 Å². The van der Waals surface area contributed by atoms with Gasteiger partial charge in [-0.1, -0.05) is 0 Å². The molecule has 100 valence electrons. The van der Waals surface area contributed by atoms with Crippen molar-refractivity contribution in [2.45, 2.75) is 18.9 Å². The zero-order chi connectivity index (χ0) is 13.2. The van der Waals surface area contributed by atoms with Crippen molar-refractivity contribution in [3.8, 4) is 0 Å². The summed E-state index contributed by atoms with van der Waals surface area (Å²) in [6.45, 7) is 1.47. The van der Waals surface area contributed by atoms with Crippen LogP contribution in [0.3, 0.4) is 0 Å². The number of amides is 1. The first-order chi connectivity index (χ1) is 9.24. The molecule has 1 saturated heterocycles. The van der Waals surface area contributed by atoms with E-state index in [0.29, 0.717) is 16.9 Å². The highest BCUT2D eigenvalue weighted by atomic mass is 32.1. The van der Waals surface area contributed by atoms with Gasteiger partial charge in [0.15, 0.2) is 5.13 Å². The molecule has 0 radical (unpaired) electrons. The third kappa shape index (κ3) is 2.46. The van der Waals surface area contributed by atoms with E-state index < -0.39 is 0 Å². The molecular formula is C12H15N5OS. The van der Waals surface area contributed by atoms with Gasteiger partial charge in [-0.2, -0.15) is 5.10 Å². The molecule has 7 heteroatoms. The van der Waals surface area contributed by atoms with E-state index in [1.165, 1.54) is 11.3 Å². The van der Waals surface area contributed by atoms with E-state index in [1.807, 2.05) is 21.8 Å². The minimum absolute atomic E-state index is 0.0214. The van der Waals surface area contributed by atoms with Crippen LogP contribution in [0, 0.1) is 0 Å². The Morgan fingerprint density at radius 2 is 2.21 bits per heavy atom. The Balaban J connectivity index is 1.62. The van der Waals surface area contributed by atoms with Crippen LogP contribution in [0.2, 0.25) is 0 Å². The SMILES string of the molecule is Nc1nc(C(=O)N2CCC(n3cccn3)CC2)cs1. The van der Waals surface area contributed by atoms with Crippen molar-refractivity contribution in [3.05, 3.63) is 29.5 Å². The fourth-order valence-electron chi connectivity index (χ4n) is 2.38. The third-order valence-electron chi connectivity index (χ3n) is 3.39. The summed E-state index contributed by atoms with van der Waals surface area (Å²) in [5, 5.41) is 6.42. The van der Waals surface area contributed by atoms with Gasteiger partial charge >= 0.3 is 0 Å². The van der Waals surface area contributed by atoms with Gasteiger partial charge in [-0.15, -0.1) is 11.3 Å². The summed E-state index contributed by atoms with van der Waals surface area (Å²) in [5.41, 5.74) is 6.02. The highest BCUT2D eigenvalue weighted by Gasteiger charge is 2.25. The maximum absolute atomic E-state index is 12.2. The van der Waals surface area contributed by atoms with E-state index in [9.17, 15) is 4.79 Å². The predicted octanol–water partition coefficient (Wildman–Crippen LogP) is 1.40. The van der Waals surface area contributed by atoms with Gasteiger partial charge in [0, 0.05) is 30.9 Å². The molecule has 0 spiro atoms. The van der Waals surface area contributed by atoms with Crippen LogP contribution in [0.15, 0.2) is 23.8 Å². The first kappa shape index (κ1) is 12.2. The number of nitrogens with two attached hydrogens (primary N) is 1. The highest BCUT2D eigenvalue weighted by Crippen LogP contribution is 2.23. The summed E-state index contributed by atoms with van der Waals surface area (Å²) in [5.74, 6) is -0.0214. The smallest absolute Gasteiger partial charge is 0.273 e. The Kier molecular flexibility index (Phi) is 3.20. The fourth-order valence-corrected chi connectivity index (χ4v) is 2.91. The highest BCUT2D eigenvalue weighted by molar-refractivity contribution is 7.13. The lowest BCUT2D eigenvalue weighted by molar-refractivity contribution is 0.0685. The van der Waals surface area contributed by atoms with E-state index >= 15 is 0 Å². The number of hydrogen-bond acceptors (Lipinski definition) is 5. The van der Waals surface area contributed by atoms with Crippen LogP contribution in [0.5, 0.6) is 0 Å². The lowest BCUT2D eigenvalue weighted by Crippen LogP contribution is -2.39. The van der Waals surface area contributed by atoms with Crippen LogP contribution in [0.25, 0.3) is 0 Å². The van der Waals surface area contributed by atoms with Gasteiger partial charge in [0.05, 0.1) is 6.04 Å². The van der Waals surface area contributed by atoms with Gasteiger partial charge in [0.1, 0.15) is 5.69 Å². The van der Waals surface area contributed by atoms with Crippen molar-refractivity contribution >= 4 is 22.4 Å². The molecule has 1 amide bonds. The molecule has 0 aromatic carbocycles. The molecule has 19 heavy (non-hydrogen) atoms. The monoisotopic (exact) mass is 277 g/mol. The number of piperidine rings is 1. The molecule has 0 aliphatic carbocycles. The Bertz CT molecular complexity index is 556. The molecule has 0 atom stereocenters. The summed E-state index contributed by atoms with van der Waals surface area (Å²) in [7, 11) is 0. The standard InChI is InChI=1S/C12H15N5OS/c13-12-15-10(8-19-12)11(18)16-6-2-9(3-7-16)17-5-1-4-14-17/h1,4-5,8-9H,2-3,6-7H2,(H2,13,15). The number of carbonyl (C=O) groups excluding carboxylic acids is 1. The number of nitrogens with zero attached hydrogens (tertiary/aromatic N) is 4. The molecule has 0 saturated carbocycles. The van der Waals surface area contributed by atoms with Crippen LogP contribution >= 0.6 is 11.3 Å². The van der Waals surface area contributed by atoms with Crippen molar-refractivity contribution in [2.75, 3.05) is 18.8 Å². The number of hydrogen-bond donors (Lipinski definition) is 1. The van der Waals surface area contributed by atoms with E-state index in [2.05, 4.69) is 10.1 Å². The first-order valence-electron chi connectivity index (χ1n) is 6.23. The van der Waals surface area contributed by atoms with E-state index in [1.54, 1.807) is 11.6 Å². The van der Waals surface area contributed by atoms with Crippen LogP contribution in [0.4, 0.5) is 5.13 Å². The van der Waals surface area contributed by atoms with Gasteiger partial charge in [-0.3, -0.25) is 9.48 Å². The minimum atomic E-state index is -0.0214. The molecule has 0 unspecified atom stereocenters. The summed E-state index contributed by atoms with van der Waals surface area (Å²) in [6.07, 6.45) is 5.61. The van der Waals surface area contributed by atoms with Crippen molar-refractivity contribution in [1.82, 2.24) is 19.7 Å². The maximum atomic E-state index is 12.2. The Labute approximate surface area is 114 Å². The maximum Gasteiger partial charge on any atom is 0.273 e. The fraction of sp³-hybridized carbons (Fsp3) is 0.417. The summed E-state index contributed by atoms with van der Waals surface area (Å²) in [6, 6.07) is 2.31. The van der Waals surface area contributed by atoms with Gasteiger partial charge in [-0.05, 0) is 18.9 Å². The molecule has 1 aliphatic rings. The second-order valence-corrected chi connectivity index (χ2v) is 5.47. The normalized spacial score (nSPS) is 16.7. The largest absolute Gasteiger partial charge is 0.375 e. The van der Waals surface area contributed by atoms with Crippen molar-refractivity contribution in [2.24, 2.45) is 0 Å². The second-order valence-electron chi connectivity index (χ2n) is 4.58. The molecule has 3 rings (SSSR count). The van der Waals surface area contributed by atoms with E-state index in [-0.39, 0.29) is 5.91 Å². The zero-order valence-corrected chi connectivity index (χ0v) is 11.2. The predicted molar refractivity (Wildman–Crippen MR) is 72.9 cm³/mol. The lowest BCUT2D eigenvalue weighted by atomic mass is 10.1. The van der Waals surface area contributed by atoms with Crippen molar-refractivity contribution < 1.29 is 4.79 Å². The molecule has 2 N–H and O–H groups in total. The Morgan fingerprint density at radius 3 is 2.79 bits per heavy atom. The Hall–Kier alpha value is -1.89. The summed E-state index contributed by atoms with van der Waals surface area (Å²) >= 11 is 1.30. The van der Waals surface area contributed by atoms with Crippen LogP contribution in [0.1, 0.15) is 29.4 Å². The van der Waals surface area contributed by atoms with Gasteiger partial charge in [-0.25, -0.2) is 4.98 Å². The molecule has 6 nitrogen and oxygen atoms in total. The summed E-state index contributed by atoms with van der Waals surface area (Å²) in [4.78, 5) is 18.1. The van der Waals surface area contributed by atoms with Gasteiger partial charge in [0.2, 0.25) is 0 Å². The zero-order valence-electron chi connectivity index (χ0n) is 10.4. The van der Waals surface area contributed by atoms with Gasteiger partial charge < -0.3 is 10.6 Å². The Morgan fingerprint density at radius 1 is 1.42 bits per heavy atom. The van der Waals surface area contributed by atoms with Crippen LogP contribution in [-0.2, 0) is 0 Å².